The summed E-state index contributed by atoms with van der Waals surface area (Å²) in [7, 11) is 1.63. The van der Waals surface area contributed by atoms with Gasteiger partial charge in [-0.15, -0.1) is 0 Å². The van der Waals surface area contributed by atoms with E-state index in [0.29, 0.717) is 0 Å². The maximum absolute atomic E-state index is 5.47. The molecule has 1 rings (SSSR count). The molecule has 0 amide bonds. The molecule has 21 heavy (non-hydrogen) atoms. The summed E-state index contributed by atoms with van der Waals surface area (Å²) in [5, 5.41) is 6.91. The Morgan fingerprint density at radius 3 is 2.14 bits per heavy atom. The second kappa shape index (κ2) is 10.9. The Balaban J connectivity index is 1.91. The molecule has 0 bridgehead atoms. The van der Waals surface area contributed by atoms with Gasteiger partial charge in [0.2, 0.25) is 0 Å². The molecule has 0 atom stereocenters. The van der Waals surface area contributed by atoms with Gasteiger partial charge in [-0.2, -0.15) is 0 Å². The van der Waals surface area contributed by atoms with Gasteiger partial charge in [-0.3, -0.25) is 0 Å². The third kappa shape index (κ3) is 8.33. The fourth-order valence-corrected chi connectivity index (χ4v) is 3.52. The molecule has 0 aliphatic carbocycles. The van der Waals surface area contributed by atoms with Crippen molar-refractivity contribution in [2.24, 2.45) is 0 Å². The largest absolute Gasteiger partial charge is 0.398 e. The van der Waals surface area contributed by atoms with Gasteiger partial charge in [0.15, 0.2) is 0 Å². The second-order valence-electron chi connectivity index (χ2n) is 5.38. The Kier molecular flexibility index (Phi) is 9.53. The molecule has 0 aliphatic rings. The first kappa shape index (κ1) is 18.3. The van der Waals surface area contributed by atoms with Crippen LogP contribution in [0.4, 0.5) is 0 Å². The first-order chi connectivity index (χ1) is 10.2. The summed E-state index contributed by atoms with van der Waals surface area (Å²) in [6.07, 6.45) is 2.20. The van der Waals surface area contributed by atoms with E-state index >= 15 is 0 Å². The van der Waals surface area contributed by atoms with Crippen molar-refractivity contribution in [3.05, 3.63) is 35.9 Å². The third-order valence-electron chi connectivity index (χ3n) is 3.76. The molecular weight excluding hydrogens is 280 g/mol. The number of hydrogen-bond donors (Lipinski definition) is 2. The van der Waals surface area contributed by atoms with E-state index in [4.69, 9.17) is 8.85 Å². The predicted octanol–water partition coefficient (Wildman–Crippen LogP) is 2.16. The van der Waals surface area contributed by atoms with Crippen LogP contribution in [0.15, 0.2) is 30.3 Å². The number of nitrogens with one attached hydrogen (secondary N) is 2. The number of rotatable bonds is 12. The summed E-state index contributed by atoms with van der Waals surface area (Å²) in [4.78, 5) is 0. The zero-order chi connectivity index (χ0) is 15.4. The summed E-state index contributed by atoms with van der Waals surface area (Å²) in [6.45, 7) is 6.18. The van der Waals surface area contributed by atoms with Crippen LogP contribution in [-0.4, -0.2) is 49.0 Å². The Bertz CT molecular complexity index is 359. The quantitative estimate of drug-likeness (QED) is 0.459. The average molecular weight is 311 g/mol. The van der Waals surface area contributed by atoms with Crippen LogP contribution in [-0.2, 0) is 15.3 Å². The minimum absolute atomic E-state index is 1.01. The Morgan fingerprint density at radius 1 is 0.905 bits per heavy atom. The van der Waals surface area contributed by atoms with Gasteiger partial charge < -0.3 is 19.5 Å². The first-order valence-electron chi connectivity index (χ1n) is 7.76. The van der Waals surface area contributed by atoms with Gasteiger partial charge in [0, 0.05) is 27.3 Å². The second-order valence-corrected chi connectivity index (χ2v) is 8.97. The molecule has 0 unspecified atom stereocenters. The van der Waals surface area contributed by atoms with Crippen LogP contribution in [0.5, 0.6) is 0 Å². The molecule has 0 saturated carbocycles. The molecular formula is C16H30N2O2Si. The summed E-state index contributed by atoms with van der Waals surface area (Å²) in [6, 6.07) is 11.6. The summed E-state index contributed by atoms with van der Waals surface area (Å²) < 4.78 is 10.9. The minimum atomic E-state index is -1.87. The van der Waals surface area contributed by atoms with Gasteiger partial charge in [0.1, 0.15) is 0 Å². The molecule has 0 heterocycles. The molecule has 5 heteroatoms. The van der Waals surface area contributed by atoms with E-state index in [1.807, 2.05) is 0 Å². The van der Waals surface area contributed by atoms with Crippen molar-refractivity contribution in [2.75, 3.05) is 40.4 Å². The van der Waals surface area contributed by atoms with Gasteiger partial charge >= 0.3 is 8.56 Å². The summed E-state index contributed by atoms with van der Waals surface area (Å²) in [5.41, 5.74) is 1.39. The highest BCUT2D eigenvalue weighted by molar-refractivity contribution is 6.65. The van der Waals surface area contributed by atoms with E-state index in [-0.39, 0.29) is 0 Å². The average Bonchev–Trinajstić information content (AvgIpc) is 2.54. The van der Waals surface area contributed by atoms with E-state index in [1.54, 1.807) is 14.2 Å². The van der Waals surface area contributed by atoms with Crippen LogP contribution >= 0.6 is 0 Å². The van der Waals surface area contributed by atoms with Gasteiger partial charge in [-0.1, -0.05) is 30.3 Å². The number of hydrogen-bond acceptors (Lipinski definition) is 4. The highest BCUT2D eigenvalue weighted by atomic mass is 28.4. The molecule has 1 aromatic rings. The van der Waals surface area contributed by atoms with Crippen molar-refractivity contribution in [3.8, 4) is 0 Å². The predicted molar refractivity (Wildman–Crippen MR) is 90.9 cm³/mol. The van der Waals surface area contributed by atoms with Crippen molar-refractivity contribution in [1.82, 2.24) is 10.6 Å². The lowest BCUT2D eigenvalue weighted by Crippen LogP contribution is -2.37. The first-order valence-corrected chi connectivity index (χ1v) is 10.3. The zero-order valence-electron chi connectivity index (χ0n) is 13.7. The molecule has 0 aliphatic heterocycles. The highest BCUT2D eigenvalue weighted by Crippen LogP contribution is 2.12. The minimum Gasteiger partial charge on any atom is -0.398 e. The molecule has 0 radical (unpaired) electrons. The number of benzene rings is 1. The summed E-state index contributed by atoms with van der Waals surface area (Å²) >= 11 is 0. The molecule has 4 nitrogen and oxygen atoms in total. The van der Waals surface area contributed by atoms with Crippen LogP contribution in [0.3, 0.4) is 0 Å². The SMILES string of the molecule is CO[Si](C)(CCCNCCNCCc1ccccc1)OC. The molecule has 0 spiro atoms. The lowest BCUT2D eigenvalue weighted by molar-refractivity contribution is 0.248. The lowest BCUT2D eigenvalue weighted by atomic mass is 10.1. The topological polar surface area (TPSA) is 42.5 Å². The van der Waals surface area contributed by atoms with Crippen LogP contribution in [0, 0.1) is 0 Å². The fourth-order valence-electron chi connectivity index (χ4n) is 2.13. The molecule has 0 aromatic heterocycles. The van der Waals surface area contributed by atoms with Crippen LogP contribution in [0.25, 0.3) is 0 Å². The van der Waals surface area contributed by atoms with Crippen molar-refractivity contribution in [1.29, 1.82) is 0 Å². The maximum Gasteiger partial charge on any atom is 0.334 e. The highest BCUT2D eigenvalue weighted by Gasteiger charge is 2.27. The Morgan fingerprint density at radius 2 is 1.52 bits per heavy atom. The lowest BCUT2D eigenvalue weighted by Gasteiger charge is -2.22. The Labute approximate surface area is 130 Å². The summed E-state index contributed by atoms with van der Waals surface area (Å²) in [5.74, 6) is 0. The van der Waals surface area contributed by atoms with Crippen molar-refractivity contribution in [3.63, 3.8) is 0 Å². The van der Waals surface area contributed by atoms with E-state index in [2.05, 4.69) is 47.5 Å². The van der Waals surface area contributed by atoms with Gasteiger partial charge in [-0.25, -0.2) is 0 Å². The van der Waals surface area contributed by atoms with E-state index < -0.39 is 8.56 Å². The Hall–Kier alpha value is -0.723. The molecule has 1 aromatic carbocycles. The molecule has 120 valence electrons. The smallest absolute Gasteiger partial charge is 0.334 e. The van der Waals surface area contributed by atoms with Gasteiger partial charge in [-0.05, 0) is 44.1 Å². The van der Waals surface area contributed by atoms with Crippen LogP contribution in [0.2, 0.25) is 12.6 Å². The van der Waals surface area contributed by atoms with E-state index in [0.717, 1.165) is 45.1 Å². The monoisotopic (exact) mass is 310 g/mol. The maximum atomic E-state index is 5.47. The standard InChI is InChI=1S/C16H30N2O2Si/c1-19-21(3,20-2)15-7-11-17-13-14-18-12-10-16-8-5-4-6-9-16/h4-6,8-9,17-18H,7,10-15H2,1-3H3. The third-order valence-corrected chi connectivity index (χ3v) is 6.75. The fraction of sp³-hybridized carbons (Fsp3) is 0.625. The van der Waals surface area contributed by atoms with E-state index in [9.17, 15) is 0 Å². The molecule has 2 N–H and O–H groups in total. The van der Waals surface area contributed by atoms with Crippen molar-refractivity contribution in [2.45, 2.75) is 25.4 Å². The molecule has 0 fully saturated rings. The van der Waals surface area contributed by atoms with Gasteiger partial charge in [0.05, 0.1) is 0 Å². The van der Waals surface area contributed by atoms with Crippen molar-refractivity contribution < 1.29 is 8.85 Å². The van der Waals surface area contributed by atoms with E-state index in [1.165, 1.54) is 5.56 Å². The molecule has 0 saturated heterocycles. The van der Waals surface area contributed by atoms with Gasteiger partial charge in [0.25, 0.3) is 0 Å². The zero-order valence-corrected chi connectivity index (χ0v) is 14.7. The normalized spacial score (nSPS) is 11.8. The van der Waals surface area contributed by atoms with Crippen LogP contribution < -0.4 is 10.6 Å². The van der Waals surface area contributed by atoms with Crippen LogP contribution in [0.1, 0.15) is 12.0 Å². The van der Waals surface area contributed by atoms with Crippen molar-refractivity contribution >= 4 is 8.56 Å².